The van der Waals surface area contributed by atoms with Crippen molar-refractivity contribution in [2.24, 2.45) is 5.84 Å². The van der Waals surface area contributed by atoms with E-state index in [2.05, 4.69) is 12.3 Å². The molecule has 0 saturated heterocycles. The van der Waals surface area contributed by atoms with Crippen LogP contribution in [-0.2, 0) is 4.74 Å². The van der Waals surface area contributed by atoms with Crippen LogP contribution in [0.3, 0.4) is 0 Å². The second-order valence-corrected chi connectivity index (χ2v) is 2.67. The molecule has 11 heavy (non-hydrogen) atoms. The summed E-state index contributed by atoms with van der Waals surface area (Å²) in [5, 5.41) is 0. The normalized spacial score (nSPS) is 13.4. The second kappa shape index (κ2) is 7.98. The number of rotatable bonds is 7. The van der Waals surface area contributed by atoms with Crippen molar-refractivity contribution in [2.45, 2.75) is 39.2 Å². The zero-order chi connectivity index (χ0) is 8.53. The van der Waals surface area contributed by atoms with Crippen LogP contribution in [0, 0.1) is 0 Å². The number of unbranched alkanes of at least 4 members (excludes halogenated alkanes) is 1. The highest BCUT2D eigenvalue weighted by Crippen LogP contribution is 1.99. The molecule has 0 aromatic carbocycles. The van der Waals surface area contributed by atoms with Gasteiger partial charge >= 0.3 is 0 Å². The molecule has 0 bridgehead atoms. The average Bonchev–Trinajstić information content (AvgIpc) is 2.05. The molecule has 0 fully saturated rings. The highest BCUT2D eigenvalue weighted by Gasteiger charge is 2.03. The van der Waals surface area contributed by atoms with Crippen molar-refractivity contribution in [3.63, 3.8) is 0 Å². The van der Waals surface area contributed by atoms with Crippen molar-refractivity contribution in [3.05, 3.63) is 0 Å². The Balaban J connectivity index is 3.25. The molecule has 0 aromatic heterocycles. The van der Waals surface area contributed by atoms with Gasteiger partial charge in [0.1, 0.15) is 0 Å². The van der Waals surface area contributed by atoms with Gasteiger partial charge in [-0.15, -0.1) is 0 Å². The van der Waals surface area contributed by atoms with Gasteiger partial charge in [0.05, 0.1) is 6.61 Å². The van der Waals surface area contributed by atoms with E-state index in [-0.39, 0.29) is 0 Å². The first-order chi connectivity index (χ1) is 5.35. The van der Waals surface area contributed by atoms with Crippen LogP contribution in [0.25, 0.3) is 0 Å². The Bertz CT molecular complexity index is 70.5. The fourth-order valence-corrected chi connectivity index (χ4v) is 0.925. The van der Waals surface area contributed by atoms with E-state index < -0.39 is 0 Å². The molecule has 0 radical (unpaired) electrons. The van der Waals surface area contributed by atoms with E-state index in [0.717, 1.165) is 19.6 Å². The topological polar surface area (TPSA) is 47.3 Å². The minimum atomic E-state index is 0.329. The Hall–Kier alpha value is -0.120. The summed E-state index contributed by atoms with van der Waals surface area (Å²) in [6, 6.07) is 0.329. The third-order valence-corrected chi connectivity index (χ3v) is 1.67. The lowest BCUT2D eigenvalue weighted by Crippen LogP contribution is -2.38. The van der Waals surface area contributed by atoms with E-state index in [1.54, 1.807) is 0 Å². The van der Waals surface area contributed by atoms with E-state index in [1.165, 1.54) is 12.8 Å². The molecule has 0 aliphatic rings. The summed E-state index contributed by atoms with van der Waals surface area (Å²) in [5.41, 5.74) is 2.75. The Morgan fingerprint density at radius 2 is 2.18 bits per heavy atom. The molecule has 0 amide bonds. The molecular weight excluding hydrogens is 140 g/mol. The molecule has 0 aliphatic heterocycles. The van der Waals surface area contributed by atoms with E-state index in [0.29, 0.717) is 6.04 Å². The summed E-state index contributed by atoms with van der Waals surface area (Å²) in [6.45, 7) is 5.67. The smallest absolute Gasteiger partial charge is 0.0632 e. The van der Waals surface area contributed by atoms with Crippen LogP contribution in [0.5, 0.6) is 0 Å². The zero-order valence-electron chi connectivity index (χ0n) is 7.60. The first-order valence-corrected chi connectivity index (χ1v) is 4.39. The maximum atomic E-state index is 5.32. The minimum absolute atomic E-state index is 0.329. The monoisotopic (exact) mass is 160 g/mol. The lowest BCUT2D eigenvalue weighted by atomic mass is 10.1. The lowest BCUT2D eigenvalue weighted by Gasteiger charge is -2.14. The van der Waals surface area contributed by atoms with Gasteiger partial charge in [0.25, 0.3) is 0 Å². The molecule has 68 valence electrons. The van der Waals surface area contributed by atoms with E-state index >= 15 is 0 Å². The van der Waals surface area contributed by atoms with E-state index in [9.17, 15) is 0 Å². The SMILES string of the molecule is CCCCC(COCC)NN. The number of hydrazine groups is 1. The molecule has 0 aliphatic carbocycles. The Morgan fingerprint density at radius 3 is 2.64 bits per heavy atom. The van der Waals surface area contributed by atoms with Crippen molar-refractivity contribution < 1.29 is 4.74 Å². The average molecular weight is 160 g/mol. The van der Waals surface area contributed by atoms with Gasteiger partial charge in [-0.25, -0.2) is 0 Å². The first-order valence-electron chi connectivity index (χ1n) is 4.39. The van der Waals surface area contributed by atoms with Crippen molar-refractivity contribution >= 4 is 0 Å². The second-order valence-electron chi connectivity index (χ2n) is 2.67. The number of hydrogen-bond acceptors (Lipinski definition) is 3. The van der Waals surface area contributed by atoms with Crippen molar-refractivity contribution in [2.75, 3.05) is 13.2 Å². The predicted octanol–water partition coefficient (Wildman–Crippen LogP) is 1.04. The van der Waals surface area contributed by atoms with Gasteiger partial charge in [-0.05, 0) is 13.3 Å². The standard InChI is InChI=1S/C8H20N2O/c1-3-5-6-8(10-9)7-11-4-2/h8,10H,3-7,9H2,1-2H3. The Morgan fingerprint density at radius 1 is 1.45 bits per heavy atom. The van der Waals surface area contributed by atoms with Crippen LogP contribution < -0.4 is 11.3 Å². The summed E-state index contributed by atoms with van der Waals surface area (Å²) in [7, 11) is 0. The van der Waals surface area contributed by atoms with E-state index in [4.69, 9.17) is 10.6 Å². The van der Waals surface area contributed by atoms with Crippen LogP contribution in [0.15, 0.2) is 0 Å². The summed E-state index contributed by atoms with van der Waals surface area (Å²) in [6.07, 6.45) is 3.53. The highest BCUT2D eigenvalue weighted by molar-refractivity contribution is 4.61. The molecular formula is C8H20N2O. The maximum Gasteiger partial charge on any atom is 0.0632 e. The third kappa shape index (κ3) is 6.28. The largest absolute Gasteiger partial charge is 0.380 e. The van der Waals surface area contributed by atoms with Gasteiger partial charge in [0, 0.05) is 12.6 Å². The summed E-state index contributed by atoms with van der Waals surface area (Å²) in [5.74, 6) is 5.32. The molecule has 1 unspecified atom stereocenters. The molecule has 1 atom stereocenters. The quantitative estimate of drug-likeness (QED) is 0.432. The molecule has 0 saturated carbocycles. The summed E-state index contributed by atoms with van der Waals surface area (Å²) in [4.78, 5) is 0. The minimum Gasteiger partial charge on any atom is -0.380 e. The maximum absolute atomic E-state index is 5.32. The molecule has 3 nitrogen and oxygen atoms in total. The van der Waals surface area contributed by atoms with Crippen molar-refractivity contribution in [3.8, 4) is 0 Å². The zero-order valence-corrected chi connectivity index (χ0v) is 7.60. The van der Waals surface area contributed by atoms with E-state index in [1.807, 2.05) is 6.92 Å². The number of nitrogens with one attached hydrogen (secondary N) is 1. The Kier molecular flexibility index (Phi) is 7.89. The fourth-order valence-electron chi connectivity index (χ4n) is 0.925. The molecule has 3 N–H and O–H groups in total. The molecule has 0 spiro atoms. The van der Waals surface area contributed by atoms with Crippen LogP contribution in [-0.4, -0.2) is 19.3 Å². The first kappa shape index (κ1) is 10.9. The van der Waals surface area contributed by atoms with Crippen LogP contribution in [0.4, 0.5) is 0 Å². The van der Waals surface area contributed by atoms with Crippen molar-refractivity contribution in [1.29, 1.82) is 0 Å². The molecule has 3 heteroatoms. The van der Waals surface area contributed by atoms with Crippen LogP contribution >= 0.6 is 0 Å². The predicted molar refractivity (Wildman–Crippen MR) is 47.1 cm³/mol. The summed E-state index contributed by atoms with van der Waals surface area (Å²) < 4.78 is 5.24. The van der Waals surface area contributed by atoms with Crippen LogP contribution in [0.2, 0.25) is 0 Å². The molecule has 0 aromatic rings. The lowest BCUT2D eigenvalue weighted by molar-refractivity contribution is 0.119. The fraction of sp³-hybridized carbons (Fsp3) is 1.00. The van der Waals surface area contributed by atoms with Crippen LogP contribution in [0.1, 0.15) is 33.1 Å². The number of hydrogen-bond donors (Lipinski definition) is 2. The van der Waals surface area contributed by atoms with Crippen molar-refractivity contribution in [1.82, 2.24) is 5.43 Å². The van der Waals surface area contributed by atoms with Gasteiger partial charge in [0.15, 0.2) is 0 Å². The molecule has 0 rings (SSSR count). The van der Waals surface area contributed by atoms with Gasteiger partial charge < -0.3 is 4.74 Å². The van der Waals surface area contributed by atoms with Gasteiger partial charge in [-0.3, -0.25) is 11.3 Å². The highest BCUT2D eigenvalue weighted by atomic mass is 16.5. The van der Waals surface area contributed by atoms with Gasteiger partial charge in [-0.2, -0.15) is 0 Å². The molecule has 0 heterocycles. The number of ether oxygens (including phenoxy) is 1. The number of nitrogens with two attached hydrogens (primary N) is 1. The Labute approximate surface area is 69.3 Å². The van der Waals surface area contributed by atoms with Gasteiger partial charge in [-0.1, -0.05) is 19.8 Å². The van der Waals surface area contributed by atoms with Gasteiger partial charge in [0.2, 0.25) is 0 Å². The summed E-state index contributed by atoms with van der Waals surface area (Å²) >= 11 is 0. The third-order valence-electron chi connectivity index (χ3n) is 1.67.